The fourth-order valence-corrected chi connectivity index (χ4v) is 0.776. The Morgan fingerprint density at radius 2 is 2.70 bits per heavy atom. The van der Waals surface area contributed by atoms with Gasteiger partial charge in [-0.2, -0.15) is 4.98 Å². The zero-order valence-corrected chi connectivity index (χ0v) is 5.07. The van der Waals surface area contributed by atoms with Gasteiger partial charge in [0.05, 0.1) is 0 Å². The number of rotatable bonds is 0. The van der Waals surface area contributed by atoms with E-state index in [1.165, 1.54) is 6.07 Å². The monoisotopic (exact) mass is 139 g/mol. The van der Waals surface area contributed by atoms with Crippen LogP contribution in [0.4, 0.5) is 0 Å². The van der Waals surface area contributed by atoms with Gasteiger partial charge in [0.1, 0.15) is 0 Å². The van der Waals surface area contributed by atoms with E-state index in [0.29, 0.717) is 12.7 Å². The number of hydrogen-bond acceptors (Lipinski definition) is 4. The molecule has 0 unspecified atom stereocenters. The highest BCUT2D eigenvalue weighted by atomic mass is 16.5. The first-order valence-electron chi connectivity index (χ1n) is 2.83. The van der Waals surface area contributed by atoms with Crippen LogP contribution in [0, 0.1) is 0 Å². The molecule has 52 valence electrons. The summed E-state index contributed by atoms with van der Waals surface area (Å²) in [7, 11) is 0. The highest BCUT2D eigenvalue weighted by Gasteiger charge is 2.08. The Morgan fingerprint density at radius 1 is 1.80 bits per heavy atom. The topological polar surface area (TPSA) is 56.2 Å². The van der Waals surface area contributed by atoms with Gasteiger partial charge in [-0.25, -0.2) is 4.68 Å². The van der Waals surface area contributed by atoms with Gasteiger partial charge in [0.25, 0.3) is 5.56 Å². The molecule has 10 heavy (non-hydrogen) atoms. The zero-order chi connectivity index (χ0) is 6.97. The van der Waals surface area contributed by atoms with E-state index in [-0.39, 0.29) is 5.56 Å². The standard InChI is InChI=1S/C5H5N3O2/c9-4-1-2-8-5(7-4)10-3-6-8/h1-2,6H,3H2. The van der Waals surface area contributed by atoms with Crippen LogP contribution in [0.1, 0.15) is 0 Å². The predicted molar refractivity (Wildman–Crippen MR) is 33.4 cm³/mol. The summed E-state index contributed by atoms with van der Waals surface area (Å²) in [5.41, 5.74) is 2.54. The Labute approximate surface area is 56.2 Å². The highest BCUT2D eigenvalue weighted by molar-refractivity contribution is 5.04. The zero-order valence-electron chi connectivity index (χ0n) is 5.07. The molecule has 1 aromatic heterocycles. The molecule has 0 aromatic carbocycles. The minimum Gasteiger partial charge on any atom is -0.441 e. The van der Waals surface area contributed by atoms with Gasteiger partial charge in [-0.1, -0.05) is 0 Å². The van der Waals surface area contributed by atoms with Crippen LogP contribution in [0.15, 0.2) is 17.1 Å². The molecule has 2 rings (SSSR count). The van der Waals surface area contributed by atoms with Crippen LogP contribution in [0.2, 0.25) is 0 Å². The fraction of sp³-hybridized carbons (Fsp3) is 0.200. The van der Waals surface area contributed by atoms with Crippen molar-refractivity contribution in [3.8, 4) is 6.01 Å². The van der Waals surface area contributed by atoms with Gasteiger partial charge in [-0.15, -0.1) is 0 Å². The summed E-state index contributed by atoms with van der Waals surface area (Å²) in [5, 5.41) is 0. The minimum atomic E-state index is -0.282. The van der Waals surface area contributed by atoms with Gasteiger partial charge in [0.2, 0.25) is 0 Å². The Kier molecular flexibility index (Phi) is 0.913. The van der Waals surface area contributed by atoms with E-state index in [4.69, 9.17) is 4.74 Å². The summed E-state index contributed by atoms with van der Waals surface area (Å²) in [6.45, 7) is 0.371. The maximum absolute atomic E-state index is 10.6. The lowest BCUT2D eigenvalue weighted by molar-refractivity contribution is 0.355. The van der Waals surface area contributed by atoms with E-state index in [1.54, 1.807) is 10.9 Å². The number of nitrogens with one attached hydrogen (secondary N) is 1. The second-order valence-corrected chi connectivity index (χ2v) is 1.87. The molecule has 1 aliphatic rings. The number of ether oxygens (including phenoxy) is 1. The van der Waals surface area contributed by atoms with E-state index in [9.17, 15) is 4.79 Å². The molecule has 2 heterocycles. The molecule has 1 N–H and O–H groups in total. The maximum Gasteiger partial charge on any atom is 0.320 e. The molecule has 0 radical (unpaired) electrons. The second-order valence-electron chi connectivity index (χ2n) is 1.87. The van der Waals surface area contributed by atoms with Crippen LogP contribution >= 0.6 is 0 Å². The van der Waals surface area contributed by atoms with E-state index in [0.717, 1.165) is 0 Å². The third-order valence-electron chi connectivity index (χ3n) is 1.21. The van der Waals surface area contributed by atoms with Crippen molar-refractivity contribution in [1.82, 2.24) is 9.66 Å². The molecule has 0 bridgehead atoms. The Bertz CT molecular complexity index is 306. The van der Waals surface area contributed by atoms with Crippen molar-refractivity contribution < 1.29 is 4.74 Å². The fourth-order valence-electron chi connectivity index (χ4n) is 0.776. The lowest BCUT2D eigenvalue weighted by Crippen LogP contribution is -2.11. The Hall–Kier alpha value is -1.52. The molecule has 0 spiro atoms. The SMILES string of the molecule is O=c1ccn2c(n1)OCN2. The average Bonchev–Trinajstić information content (AvgIpc) is 2.33. The molecule has 1 aliphatic heterocycles. The third kappa shape index (κ3) is 0.637. The summed E-state index contributed by atoms with van der Waals surface area (Å²) in [5.74, 6) is 0. The van der Waals surface area contributed by atoms with Crippen LogP contribution < -0.4 is 15.7 Å². The second kappa shape index (κ2) is 1.73. The summed E-state index contributed by atoms with van der Waals surface area (Å²) in [6.07, 6.45) is 1.58. The molecule has 5 nitrogen and oxygen atoms in total. The number of nitrogens with zero attached hydrogens (tertiary/aromatic N) is 2. The van der Waals surface area contributed by atoms with Crippen LogP contribution in [-0.4, -0.2) is 16.4 Å². The van der Waals surface area contributed by atoms with Gasteiger partial charge in [0, 0.05) is 12.3 Å². The van der Waals surface area contributed by atoms with Gasteiger partial charge in [0.15, 0.2) is 6.73 Å². The van der Waals surface area contributed by atoms with E-state index < -0.39 is 0 Å². The molecule has 1 aromatic rings. The van der Waals surface area contributed by atoms with Gasteiger partial charge in [-0.3, -0.25) is 10.2 Å². The quantitative estimate of drug-likeness (QED) is 0.508. The Balaban J connectivity index is 2.63. The third-order valence-corrected chi connectivity index (χ3v) is 1.21. The summed E-state index contributed by atoms with van der Waals surface area (Å²) >= 11 is 0. The smallest absolute Gasteiger partial charge is 0.320 e. The maximum atomic E-state index is 10.6. The first-order chi connectivity index (χ1) is 4.86. The molecular weight excluding hydrogens is 134 g/mol. The predicted octanol–water partition coefficient (Wildman–Crippen LogP) is -0.863. The molecule has 0 atom stereocenters. The average molecular weight is 139 g/mol. The first-order valence-corrected chi connectivity index (χ1v) is 2.83. The van der Waals surface area contributed by atoms with Crippen molar-refractivity contribution in [3.05, 3.63) is 22.6 Å². The normalized spacial score (nSPS) is 13.6. The molecule has 0 aliphatic carbocycles. The lowest BCUT2D eigenvalue weighted by atomic mass is 10.7. The highest BCUT2D eigenvalue weighted by Crippen LogP contribution is 2.04. The largest absolute Gasteiger partial charge is 0.441 e. The molecule has 0 saturated heterocycles. The molecule has 5 heteroatoms. The molecular formula is C5H5N3O2. The number of aromatic nitrogens is 2. The van der Waals surface area contributed by atoms with Crippen LogP contribution in [0.25, 0.3) is 0 Å². The minimum absolute atomic E-state index is 0.282. The van der Waals surface area contributed by atoms with Crippen LogP contribution in [0.5, 0.6) is 6.01 Å². The van der Waals surface area contributed by atoms with E-state index in [2.05, 4.69) is 10.4 Å². The number of hydrogen-bond donors (Lipinski definition) is 1. The lowest BCUT2D eigenvalue weighted by Gasteiger charge is -1.95. The van der Waals surface area contributed by atoms with E-state index >= 15 is 0 Å². The number of fused-ring (bicyclic) bond motifs is 1. The van der Waals surface area contributed by atoms with Crippen molar-refractivity contribution in [2.45, 2.75) is 0 Å². The van der Waals surface area contributed by atoms with Crippen molar-refractivity contribution >= 4 is 0 Å². The van der Waals surface area contributed by atoms with Crippen LogP contribution in [-0.2, 0) is 0 Å². The summed E-state index contributed by atoms with van der Waals surface area (Å²) < 4.78 is 6.48. The van der Waals surface area contributed by atoms with Gasteiger partial charge in [-0.05, 0) is 0 Å². The van der Waals surface area contributed by atoms with Gasteiger partial charge < -0.3 is 4.74 Å². The van der Waals surface area contributed by atoms with E-state index in [1.807, 2.05) is 0 Å². The molecule has 0 fully saturated rings. The van der Waals surface area contributed by atoms with Crippen molar-refractivity contribution in [2.24, 2.45) is 0 Å². The van der Waals surface area contributed by atoms with Crippen molar-refractivity contribution in [1.29, 1.82) is 0 Å². The Morgan fingerprint density at radius 3 is 3.60 bits per heavy atom. The molecule has 0 amide bonds. The van der Waals surface area contributed by atoms with Gasteiger partial charge >= 0.3 is 6.01 Å². The molecule has 0 saturated carbocycles. The van der Waals surface area contributed by atoms with Crippen molar-refractivity contribution in [3.63, 3.8) is 0 Å². The van der Waals surface area contributed by atoms with Crippen molar-refractivity contribution in [2.75, 3.05) is 12.2 Å². The van der Waals surface area contributed by atoms with Crippen LogP contribution in [0.3, 0.4) is 0 Å². The first kappa shape index (κ1) is 5.28. The summed E-state index contributed by atoms with van der Waals surface area (Å²) in [6, 6.07) is 1.69. The summed E-state index contributed by atoms with van der Waals surface area (Å²) in [4.78, 5) is 14.2.